The highest BCUT2D eigenvalue weighted by Crippen LogP contribution is 2.15. The lowest BCUT2D eigenvalue weighted by Crippen LogP contribution is -2.30. The lowest BCUT2D eigenvalue weighted by Gasteiger charge is -2.18. The van der Waals surface area contributed by atoms with Crippen LogP contribution in [0.15, 0.2) is 109 Å². The Morgan fingerprint density at radius 1 is 0.338 bits per heavy atom. The van der Waals surface area contributed by atoms with Crippen molar-refractivity contribution >= 4 is 17.9 Å². The second kappa shape index (κ2) is 52.7. The number of hydrogen-bond donors (Lipinski definition) is 0. The van der Waals surface area contributed by atoms with E-state index >= 15 is 0 Å². The highest BCUT2D eigenvalue weighted by atomic mass is 16.6. The first-order valence-corrected chi connectivity index (χ1v) is 26.5. The fraction of sp³-hybridized carbons (Fsp3) is 0.644. The molecule has 0 radical (unpaired) electrons. The van der Waals surface area contributed by atoms with Crippen molar-refractivity contribution in [2.75, 3.05) is 13.2 Å². The third kappa shape index (κ3) is 50.9. The van der Waals surface area contributed by atoms with Gasteiger partial charge < -0.3 is 14.2 Å². The van der Waals surface area contributed by atoms with E-state index in [1.807, 2.05) is 48.6 Å². The number of carbonyl (C=O) groups is 3. The van der Waals surface area contributed by atoms with Crippen LogP contribution in [-0.4, -0.2) is 37.2 Å². The Morgan fingerprint density at radius 3 is 1.14 bits per heavy atom. The van der Waals surface area contributed by atoms with Crippen molar-refractivity contribution in [2.24, 2.45) is 0 Å². The summed E-state index contributed by atoms with van der Waals surface area (Å²) in [6.07, 6.45) is 70.7. The lowest BCUT2D eigenvalue weighted by atomic mass is 10.0. The number of allylic oxidation sites excluding steroid dienone is 18. The molecule has 0 saturated heterocycles. The van der Waals surface area contributed by atoms with Crippen LogP contribution in [0, 0.1) is 0 Å². The van der Waals surface area contributed by atoms with Crippen LogP contribution in [0.25, 0.3) is 0 Å². The van der Waals surface area contributed by atoms with Crippen molar-refractivity contribution in [3.8, 4) is 0 Å². The molecule has 0 heterocycles. The molecule has 0 aliphatic carbocycles. The van der Waals surface area contributed by atoms with Gasteiger partial charge in [0.1, 0.15) is 13.2 Å². The van der Waals surface area contributed by atoms with Crippen molar-refractivity contribution in [1.29, 1.82) is 0 Å². The molecule has 0 spiro atoms. The van der Waals surface area contributed by atoms with Crippen LogP contribution >= 0.6 is 0 Å². The number of hydrogen-bond acceptors (Lipinski definition) is 6. The van der Waals surface area contributed by atoms with E-state index in [2.05, 4.69) is 81.5 Å². The molecule has 0 aromatic carbocycles. The quantitative estimate of drug-likeness (QED) is 0.0199. The van der Waals surface area contributed by atoms with E-state index in [1.165, 1.54) is 77.0 Å². The molecule has 0 fully saturated rings. The van der Waals surface area contributed by atoms with Gasteiger partial charge in [0.15, 0.2) is 6.10 Å². The summed E-state index contributed by atoms with van der Waals surface area (Å²) >= 11 is 0. The summed E-state index contributed by atoms with van der Waals surface area (Å²) in [5, 5.41) is 0. The highest BCUT2D eigenvalue weighted by Gasteiger charge is 2.19. The van der Waals surface area contributed by atoms with Gasteiger partial charge in [-0.25, -0.2) is 0 Å². The molecule has 0 aliphatic rings. The fourth-order valence-corrected chi connectivity index (χ4v) is 6.98. The molecule has 1 atom stereocenters. The first kappa shape index (κ1) is 61.1. The van der Waals surface area contributed by atoms with Gasteiger partial charge in [-0.1, -0.05) is 239 Å². The number of ether oxygens (including phenoxy) is 3. The largest absolute Gasteiger partial charge is 0.462 e. The van der Waals surface area contributed by atoms with E-state index in [0.29, 0.717) is 19.3 Å². The predicted molar refractivity (Wildman–Crippen MR) is 279 cm³/mol. The van der Waals surface area contributed by atoms with Crippen molar-refractivity contribution in [3.63, 3.8) is 0 Å². The van der Waals surface area contributed by atoms with Crippen LogP contribution in [0.5, 0.6) is 0 Å². The average molecular weight is 901 g/mol. The van der Waals surface area contributed by atoms with Crippen molar-refractivity contribution in [3.05, 3.63) is 109 Å². The molecule has 0 aliphatic heterocycles. The second-order valence-corrected chi connectivity index (χ2v) is 17.2. The molecule has 0 aromatic rings. The SMILES string of the molecule is CC\C=C/C=C\C=C/C=C\C=C/CCCCCC(=O)OC(COC(=O)CCCCCCCC/C=C\C/C=C\C/C=C\C/C=C\CC)COC(=O)CCCCCCCCCCCCCCC. The molecule has 0 aromatic heterocycles. The monoisotopic (exact) mass is 901 g/mol. The minimum absolute atomic E-state index is 0.100. The van der Waals surface area contributed by atoms with Crippen LogP contribution in [0.1, 0.15) is 226 Å². The van der Waals surface area contributed by atoms with Gasteiger partial charge in [0.25, 0.3) is 0 Å². The normalized spacial score (nSPS) is 13.0. The van der Waals surface area contributed by atoms with E-state index in [4.69, 9.17) is 14.2 Å². The van der Waals surface area contributed by atoms with E-state index in [9.17, 15) is 14.4 Å². The Bertz CT molecular complexity index is 1360. The highest BCUT2D eigenvalue weighted by molar-refractivity contribution is 5.71. The molecule has 6 nitrogen and oxygen atoms in total. The average Bonchev–Trinajstić information content (AvgIpc) is 3.30. The van der Waals surface area contributed by atoms with Gasteiger partial charge in [-0.2, -0.15) is 0 Å². The topological polar surface area (TPSA) is 78.9 Å². The molecule has 0 rings (SSSR count). The summed E-state index contributed by atoms with van der Waals surface area (Å²) < 4.78 is 16.8. The van der Waals surface area contributed by atoms with E-state index in [0.717, 1.165) is 103 Å². The fourth-order valence-electron chi connectivity index (χ4n) is 6.98. The Hall–Kier alpha value is -3.93. The van der Waals surface area contributed by atoms with Crippen LogP contribution in [0.3, 0.4) is 0 Å². The summed E-state index contributed by atoms with van der Waals surface area (Å²) in [7, 11) is 0. The molecule has 65 heavy (non-hydrogen) atoms. The maximum absolute atomic E-state index is 12.8. The zero-order valence-electron chi connectivity index (χ0n) is 42.0. The predicted octanol–water partition coefficient (Wildman–Crippen LogP) is 17.5. The summed E-state index contributed by atoms with van der Waals surface area (Å²) in [5.41, 5.74) is 0. The van der Waals surface area contributed by atoms with Crippen LogP contribution < -0.4 is 0 Å². The molecule has 0 amide bonds. The van der Waals surface area contributed by atoms with Gasteiger partial charge in [0.05, 0.1) is 0 Å². The molecule has 6 heteroatoms. The van der Waals surface area contributed by atoms with Gasteiger partial charge in [0.2, 0.25) is 0 Å². The van der Waals surface area contributed by atoms with E-state index in [-0.39, 0.29) is 37.5 Å². The summed E-state index contributed by atoms with van der Waals surface area (Å²) in [4.78, 5) is 38.0. The van der Waals surface area contributed by atoms with E-state index < -0.39 is 6.10 Å². The maximum atomic E-state index is 12.8. The van der Waals surface area contributed by atoms with E-state index in [1.54, 1.807) is 0 Å². The molecule has 0 N–H and O–H groups in total. The molecule has 368 valence electrons. The van der Waals surface area contributed by atoms with Gasteiger partial charge in [-0.15, -0.1) is 0 Å². The summed E-state index contributed by atoms with van der Waals surface area (Å²) in [6, 6.07) is 0. The minimum Gasteiger partial charge on any atom is -0.462 e. The van der Waals surface area contributed by atoms with Crippen LogP contribution in [-0.2, 0) is 28.6 Å². The Kier molecular flexibility index (Phi) is 49.5. The Labute approximate surface area is 400 Å². The maximum Gasteiger partial charge on any atom is 0.306 e. The first-order chi connectivity index (χ1) is 32.0. The summed E-state index contributed by atoms with van der Waals surface area (Å²) in [5.74, 6) is -0.959. The van der Waals surface area contributed by atoms with Crippen LogP contribution in [0.2, 0.25) is 0 Å². The number of esters is 3. The lowest BCUT2D eigenvalue weighted by molar-refractivity contribution is -0.167. The smallest absolute Gasteiger partial charge is 0.306 e. The zero-order valence-corrected chi connectivity index (χ0v) is 42.0. The van der Waals surface area contributed by atoms with Gasteiger partial charge in [-0.05, 0) is 77.0 Å². The standard InChI is InChI=1S/C59H96O6/c1-4-7-10-13-16-19-22-25-27-28-29-30-32-34-37-40-43-46-49-52-58(61)64-55-56(54-63-57(60)51-48-45-42-39-36-33-24-21-18-15-12-9-6-3)65-59(62)53-50-47-44-41-38-35-31-26-23-20-17-14-11-8-5-2/h7-8,10-11,14,16-17,19-20,23,25-27,29-31,35,38,56H,4-6,9,12-13,15,18,21-22,24,28,32-34,36-37,39-55H2,1-3H3/b10-7-,11-8-,17-14-,19-16-,23-20-,27-25-,30-29-,31-26-,38-35-. The Balaban J connectivity index is 4.48. The molecule has 1 unspecified atom stereocenters. The number of unbranched alkanes of at least 4 members (excludes halogenated alkanes) is 21. The molecule has 0 bridgehead atoms. The zero-order chi connectivity index (χ0) is 47.2. The third-order valence-electron chi connectivity index (χ3n) is 10.9. The van der Waals surface area contributed by atoms with Gasteiger partial charge >= 0.3 is 17.9 Å². The number of rotatable bonds is 46. The molecular weight excluding hydrogens is 805 g/mol. The van der Waals surface area contributed by atoms with Gasteiger partial charge in [-0.3, -0.25) is 14.4 Å². The van der Waals surface area contributed by atoms with Crippen molar-refractivity contribution in [2.45, 2.75) is 232 Å². The first-order valence-electron chi connectivity index (χ1n) is 26.5. The molecule has 0 saturated carbocycles. The third-order valence-corrected chi connectivity index (χ3v) is 10.9. The molecular formula is C59H96O6. The van der Waals surface area contributed by atoms with Crippen molar-refractivity contribution in [1.82, 2.24) is 0 Å². The van der Waals surface area contributed by atoms with Gasteiger partial charge in [0, 0.05) is 19.3 Å². The minimum atomic E-state index is -0.806. The second-order valence-electron chi connectivity index (χ2n) is 17.2. The van der Waals surface area contributed by atoms with Crippen molar-refractivity contribution < 1.29 is 28.6 Å². The summed E-state index contributed by atoms with van der Waals surface area (Å²) in [6.45, 7) is 6.33. The Morgan fingerprint density at radius 2 is 0.677 bits per heavy atom. The van der Waals surface area contributed by atoms with Crippen LogP contribution in [0.4, 0.5) is 0 Å². The number of carbonyl (C=O) groups excluding carboxylic acids is 3.